The second-order valence-electron chi connectivity index (χ2n) is 4.80. The summed E-state index contributed by atoms with van der Waals surface area (Å²) in [6.45, 7) is 1.65. The van der Waals surface area contributed by atoms with Gasteiger partial charge in [0.25, 0.3) is 0 Å². The number of sulfone groups is 1. The van der Waals surface area contributed by atoms with Crippen LogP contribution in [0.4, 0.5) is 0 Å². The first-order valence-electron chi connectivity index (χ1n) is 6.05. The van der Waals surface area contributed by atoms with Gasteiger partial charge in [-0.3, -0.25) is 4.79 Å². The fourth-order valence-corrected chi connectivity index (χ4v) is 2.80. The Morgan fingerprint density at radius 3 is 2.35 bits per heavy atom. The zero-order valence-electron chi connectivity index (χ0n) is 11.6. The number of nitrogens with one attached hydrogen (secondary N) is 1. The molecule has 0 fully saturated rings. The van der Waals surface area contributed by atoms with Crippen LogP contribution in [0.15, 0.2) is 30.3 Å². The number of hydrogen-bond donors (Lipinski definition) is 2. The minimum absolute atomic E-state index is 0. The van der Waals surface area contributed by atoms with E-state index >= 15 is 0 Å². The van der Waals surface area contributed by atoms with Crippen molar-refractivity contribution >= 4 is 28.2 Å². The van der Waals surface area contributed by atoms with Crippen LogP contribution < -0.4 is 11.1 Å². The summed E-state index contributed by atoms with van der Waals surface area (Å²) in [5.74, 6) is -0.420. The van der Waals surface area contributed by atoms with Gasteiger partial charge in [-0.1, -0.05) is 30.3 Å². The van der Waals surface area contributed by atoms with Gasteiger partial charge < -0.3 is 11.1 Å². The van der Waals surface area contributed by atoms with E-state index < -0.39 is 21.9 Å². The molecule has 0 aromatic heterocycles. The number of amides is 1. The highest BCUT2D eigenvalue weighted by atomic mass is 35.5. The van der Waals surface area contributed by atoms with Gasteiger partial charge in [0.15, 0.2) is 0 Å². The van der Waals surface area contributed by atoms with E-state index in [4.69, 9.17) is 5.73 Å². The van der Waals surface area contributed by atoms with Crippen LogP contribution in [0.2, 0.25) is 0 Å². The standard InChI is InChI=1S/C13H20N2O3S.ClH/c1-10(9-19(2,17)18)15-13(16)12(14)8-11-6-4-3-5-7-11;/h3-7,10,12H,8-9,14H2,1-2H3,(H,15,16);1H/t10?,12-;/m0./s1. The van der Waals surface area contributed by atoms with Crippen LogP contribution in [0.5, 0.6) is 0 Å². The van der Waals surface area contributed by atoms with E-state index in [2.05, 4.69) is 5.32 Å². The Morgan fingerprint density at radius 2 is 1.85 bits per heavy atom. The molecule has 1 aromatic carbocycles. The monoisotopic (exact) mass is 320 g/mol. The van der Waals surface area contributed by atoms with Gasteiger partial charge in [-0.05, 0) is 18.9 Å². The Bertz CT molecular complexity index is 520. The van der Waals surface area contributed by atoms with E-state index in [0.29, 0.717) is 6.42 Å². The molecule has 0 saturated heterocycles. The van der Waals surface area contributed by atoms with Crippen LogP contribution in [0.3, 0.4) is 0 Å². The van der Waals surface area contributed by atoms with E-state index in [1.54, 1.807) is 6.92 Å². The fourth-order valence-electron chi connectivity index (χ4n) is 1.81. The quantitative estimate of drug-likeness (QED) is 0.800. The van der Waals surface area contributed by atoms with Crippen molar-refractivity contribution in [3.63, 3.8) is 0 Å². The molecule has 7 heteroatoms. The van der Waals surface area contributed by atoms with Crippen LogP contribution in [0.1, 0.15) is 12.5 Å². The predicted octanol–water partition coefficient (Wildman–Crippen LogP) is 0.528. The Labute approximate surface area is 126 Å². The Hall–Kier alpha value is -1.11. The third-order valence-corrected chi connectivity index (χ3v) is 3.68. The smallest absolute Gasteiger partial charge is 0.237 e. The van der Waals surface area contributed by atoms with Gasteiger partial charge in [-0.25, -0.2) is 8.42 Å². The van der Waals surface area contributed by atoms with Crippen molar-refractivity contribution in [3.8, 4) is 0 Å². The van der Waals surface area contributed by atoms with Crippen LogP contribution in [-0.2, 0) is 21.1 Å². The number of carbonyl (C=O) groups is 1. The molecule has 1 aromatic rings. The van der Waals surface area contributed by atoms with Crippen molar-refractivity contribution in [2.24, 2.45) is 5.73 Å². The molecule has 0 spiro atoms. The van der Waals surface area contributed by atoms with E-state index in [0.717, 1.165) is 11.8 Å². The number of nitrogens with two attached hydrogens (primary N) is 1. The SMILES string of the molecule is CC(CS(C)(=O)=O)NC(=O)[C@@H](N)Cc1ccccc1.Cl. The zero-order chi connectivity index (χ0) is 14.5. The summed E-state index contributed by atoms with van der Waals surface area (Å²) in [6.07, 6.45) is 1.57. The van der Waals surface area contributed by atoms with Crippen molar-refractivity contribution in [1.29, 1.82) is 0 Å². The lowest BCUT2D eigenvalue weighted by molar-refractivity contribution is -0.122. The summed E-state index contributed by atoms with van der Waals surface area (Å²) in [7, 11) is -3.11. The molecule has 0 saturated carbocycles. The summed E-state index contributed by atoms with van der Waals surface area (Å²) < 4.78 is 22.2. The maximum atomic E-state index is 11.8. The molecule has 0 aliphatic rings. The second kappa shape index (κ2) is 8.24. The highest BCUT2D eigenvalue weighted by Crippen LogP contribution is 2.02. The van der Waals surface area contributed by atoms with Crippen LogP contribution in [0.25, 0.3) is 0 Å². The topological polar surface area (TPSA) is 89.3 Å². The molecule has 114 valence electrons. The van der Waals surface area contributed by atoms with E-state index in [1.165, 1.54) is 0 Å². The molecule has 1 amide bonds. The third kappa shape index (κ3) is 7.47. The minimum Gasteiger partial charge on any atom is -0.351 e. The van der Waals surface area contributed by atoms with Gasteiger partial charge in [0.2, 0.25) is 5.91 Å². The lowest BCUT2D eigenvalue weighted by atomic mass is 10.1. The first kappa shape index (κ1) is 18.9. The van der Waals surface area contributed by atoms with Crippen molar-refractivity contribution in [2.45, 2.75) is 25.4 Å². The summed E-state index contributed by atoms with van der Waals surface area (Å²) in [5, 5.41) is 2.61. The second-order valence-corrected chi connectivity index (χ2v) is 6.98. The minimum atomic E-state index is -3.11. The van der Waals surface area contributed by atoms with Crippen LogP contribution in [-0.4, -0.2) is 38.4 Å². The molecule has 0 heterocycles. The average molecular weight is 321 g/mol. The number of rotatable bonds is 6. The Kier molecular flexibility index (Phi) is 7.78. The van der Waals surface area contributed by atoms with Crippen molar-refractivity contribution in [2.75, 3.05) is 12.0 Å². The molecular weight excluding hydrogens is 300 g/mol. The van der Waals surface area contributed by atoms with E-state index in [9.17, 15) is 13.2 Å². The fraction of sp³-hybridized carbons (Fsp3) is 0.462. The molecule has 0 bridgehead atoms. The van der Waals surface area contributed by atoms with Crippen molar-refractivity contribution < 1.29 is 13.2 Å². The molecule has 0 aliphatic carbocycles. The average Bonchev–Trinajstić information content (AvgIpc) is 2.27. The van der Waals surface area contributed by atoms with Gasteiger partial charge >= 0.3 is 0 Å². The summed E-state index contributed by atoms with van der Waals surface area (Å²) in [4.78, 5) is 11.8. The van der Waals surface area contributed by atoms with Gasteiger partial charge in [-0.15, -0.1) is 12.4 Å². The molecule has 1 rings (SSSR count). The van der Waals surface area contributed by atoms with E-state index in [-0.39, 0.29) is 24.1 Å². The summed E-state index contributed by atoms with van der Waals surface area (Å²) in [6, 6.07) is 8.33. The first-order chi connectivity index (χ1) is 8.78. The summed E-state index contributed by atoms with van der Waals surface area (Å²) in [5.41, 5.74) is 6.77. The lowest BCUT2D eigenvalue weighted by Crippen LogP contribution is -2.47. The van der Waals surface area contributed by atoms with Crippen molar-refractivity contribution in [3.05, 3.63) is 35.9 Å². The molecule has 3 N–H and O–H groups in total. The Morgan fingerprint density at radius 1 is 1.30 bits per heavy atom. The van der Waals surface area contributed by atoms with Gasteiger partial charge in [0, 0.05) is 12.3 Å². The number of carbonyl (C=O) groups excluding carboxylic acids is 1. The van der Waals surface area contributed by atoms with E-state index in [1.807, 2.05) is 30.3 Å². The third-order valence-electron chi connectivity index (χ3n) is 2.58. The normalized spacial score (nSPS) is 13.9. The van der Waals surface area contributed by atoms with Crippen molar-refractivity contribution in [1.82, 2.24) is 5.32 Å². The Balaban J connectivity index is 0.00000361. The number of benzene rings is 1. The predicted molar refractivity (Wildman–Crippen MR) is 82.7 cm³/mol. The van der Waals surface area contributed by atoms with Crippen LogP contribution >= 0.6 is 12.4 Å². The lowest BCUT2D eigenvalue weighted by Gasteiger charge is -2.17. The zero-order valence-corrected chi connectivity index (χ0v) is 13.2. The molecule has 1 unspecified atom stereocenters. The molecule has 5 nitrogen and oxygen atoms in total. The van der Waals surface area contributed by atoms with Gasteiger partial charge in [0.1, 0.15) is 9.84 Å². The maximum absolute atomic E-state index is 11.8. The number of halogens is 1. The highest BCUT2D eigenvalue weighted by Gasteiger charge is 2.18. The molecular formula is C13H21ClN2O3S. The maximum Gasteiger partial charge on any atom is 0.237 e. The molecule has 0 aliphatic heterocycles. The largest absolute Gasteiger partial charge is 0.351 e. The van der Waals surface area contributed by atoms with Gasteiger partial charge in [0.05, 0.1) is 11.8 Å². The highest BCUT2D eigenvalue weighted by molar-refractivity contribution is 7.90. The summed E-state index contributed by atoms with van der Waals surface area (Å²) >= 11 is 0. The molecule has 2 atom stereocenters. The molecule has 0 radical (unpaired) electrons. The molecule has 20 heavy (non-hydrogen) atoms. The van der Waals surface area contributed by atoms with Gasteiger partial charge in [-0.2, -0.15) is 0 Å². The first-order valence-corrected chi connectivity index (χ1v) is 8.11. The van der Waals surface area contributed by atoms with Crippen LogP contribution in [0, 0.1) is 0 Å². The number of hydrogen-bond acceptors (Lipinski definition) is 4.